The first-order chi connectivity index (χ1) is 10.1. The van der Waals surface area contributed by atoms with Gasteiger partial charge in [-0.05, 0) is 6.42 Å². The van der Waals surface area contributed by atoms with Crippen LogP contribution >= 0.6 is 0 Å². The molecule has 0 aromatic rings. The van der Waals surface area contributed by atoms with Crippen molar-refractivity contribution in [2.45, 2.75) is 45.4 Å². The van der Waals surface area contributed by atoms with Crippen LogP contribution in [-0.4, -0.2) is 61.4 Å². The molecule has 2 heterocycles. The van der Waals surface area contributed by atoms with Gasteiger partial charge in [-0.3, -0.25) is 14.8 Å². The second-order valence-corrected chi connectivity index (χ2v) is 5.53. The van der Waals surface area contributed by atoms with E-state index in [1.807, 2.05) is 0 Å². The van der Waals surface area contributed by atoms with Crippen molar-refractivity contribution in [2.75, 3.05) is 39.8 Å². The van der Waals surface area contributed by atoms with Crippen LogP contribution in [-0.2, 0) is 4.74 Å². The topological polar surface area (TPSA) is 67.6 Å². The fraction of sp³-hybridized carbons (Fsp3) is 0.867. The standard InChI is InChI=1S/C8H15N3.C7H14O3/c1-10-5-3-7-11-6-2-4-9-8(10)11;1-2-3-4-5-6-10-7(8)9/h2-7H2,1H3;2-6H2,1H3,(H,8,9). The average Bonchev–Trinajstić information content (AvgIpc) is 2.48. The third-order valence-corrected chi connectivity index (χ3v) is 3.69. The van der Waals surface area contributed by atoms with Gasteiger partial charge in [0, 0.05) is 19.4 Å². The largest absolute Gasteiger partial charge is 0.550 e. The predicted octanol–water partition coefficient (Wildman–Crippen LogP) is 0.610. The highest BCUT2D eigenvalue weighted by Gasteiger charge is 2.27. The molecule has 0 saturated carbocycles. The second-order valence-electron chi connectivity index (χ2n) is 5.53. The van der Waals surface area contributed by atoms with Gasteiger partial charge < -0.3 is 14.6 Å². The first kappa shape index (κ1) is 17.6. The molecule has 0 spiro atoms. The number of fused-ring (bicyclic) bond motifs is 1. The molecule has 2 rings (SSSR count). The van der Waals surface area contributed by atoms with Crippen LogP contribution in [0.1, 0.15) is 45.4 Å². The van der Waals surface area contributed by atoms with Crippen molar-refractivity contribution in [1.29, 1.82) is 0 Å². The van der Waals surface area contributed by atoms with Gasteiger partial charge in [-0.15, -0.1) is 0 Å². The van der Waals surface area contributed by atoms with E-state index in [-0.39, 0.29) is 6.61 Å². The summed E-state index contributed by atoms with van der Waals surface area (Å²) in [6.45, 7) is 7.22. The van der Waals surface area contributed by atoms with Gasteiger partial charge in [0.15, 0.2) is 0 Å². The smallest absolute Gasteiger partial charge is 0.347 e. The number of hydrogen-bond acceptors (Lipinski definition) is 5. The molecule has 2 aliphatic rings. The SMILES string of the molecule is CCCCCCOC(=O)[O-].C[N+]1=C2NCCCN2CCC1. The molecule has 0 aromatic heterocycles. The summed E-state index contributed by atoms with van der Waals surface area (Å²) in [6.07, 6.45) is 5.29. The number of unbranched alkanes of at least 4 members (excludes halogenated alkanes) is 3. The van der Waals surface area contributed by atoms with Gasteiger partial charge in [0.25, 0.3) is 6.16 Å². The summed E-state index contributed by atoms with van der Waals surface area (Å²) in [5.74, 6) is 1.35. The fourth-order valence-electron chi connectivity index (χ4n) is 2.57. The first-order valence-corrected chi connectivity index (χ1v) is 8.05. The molecule has 6 nitrogen and oxygen atoms in total. The summed E-state index contributed by atoms with van der Waals surface area (Å²) in [7, 11) is 2.17. The first-order valence-electron chi connectivity index (χ1n) is 8.05. The van der Waals surface area contributed by atoms with Crippen LogP contribution in [0.3, 0.4) is 0 Å². The van der Waals surface area contributed by atoms with Crippen molar-refractivity contribution in [2.24, 2.45) is 0 Å². The molecule has 0 atom stereocenters. The fourth-order valence-corrected chi connectivity index (χ4v) is 2.57. The van der Waals surface area contributed by atoms with Gasteiger partial charge in [0.1, 0.15) is 0 Å². The van der Waals surface area contributed by atoms with Crippen molar-refractivity contribution in [3.05, 3.63) is 0 Å². The minimum Gasteiger partial charge on any atom is -0.550 e. The van der Waals surface area contributed by atoms with Crippen molar-refractivity contribution < 1.29 is 19.2 Å². The third-order valence-electron chi connectivity index (χ3n) is 3.69. The summed E-state index contributed by atoms with van der Waals surface area (Å²) >= 11 is 0. The lowest BCUT2D eigenvalue weighted by Gasteiger charge is -2.29. The normalized spacial score (nSPS) is 17.3. The zero-order valence-electron chi connectivity index (χ0n) is 13.4. The molecule has 6 heteroatoms. The summed E-state index contributed by atoms with van der Waals surface area (Å²) in [5.41, 5.74) is 0. The van der Waals surface area contributed by atoms with Crippen molar-refractivity contribution >= 4 is 12.1 Å². The van der Waals surface area contributed by atoms with Crippen LogP contribution in [0, 0.1) is 0 Å². The molecule has 0 radical (unpaired) electrons. The molecule has 21 heavy (non-hydrogen) atoms. The number of nitrogens with one attached hydrogen (secondary N) is 1. The monoisotopic (exact) mass is 299 g/mol. The third kappa shape index (κ3) is 7.20. The quantitative estimate of drug-likeness (QED) is 0.458. The highest BCUT2D eigenvalue weighted by Crippen LogP contribution is 2.04. The lowest BCUT2D eigenvalue weighted by Crippen LogP contribution is -2.54. The zero-order chi connectivity index (χ0) is 15.5. The van der Waals surface area contributed by atoms with E-state index in [0.717, 1.165) is 32.2 Å². The number of carbonyl (C=O) groups is 1. The Labute approximate surface area is 127 Å². The second kappa shape index (κ2) is 10.3. The van der Waals surface area contributed by atoms with E-state index in [9.17, 15) is 9.90 Å². The average molecular weight is 299 g/mol. The Morgan fingerprint density at radius 1 is 1.33 bits per heavy atom. The van der Waals surface area contributed by atoms with Gasteiger partial charge in [-0.25, -0.2) is 0 Å². The van der Waals surface area contributed by atoms with Crippen LogP contribution < -0.4 is 10.4 Å². The van der Waals surface area contributed by atoms with Crippen molar-refractivity contribution in [3.8, 4) is 0 Å². The maximum Gasteiger partial charge on any atom is 0.347 e. The number of carbonyl (C=O) groups excluding carboxylic acids is 1. The number of hydrogen-bond donors (Lipinski definition) is 1. The number of rotatable bonds is 5. The zero-order valence-corrected chi connectivity index (χ0v) is 13.4. The van der Waals surface area contributed by atoms with Gasteiger partial charge in [0.05, 0.1) is 33.2 Å². The lowest BCUT2D eigenvalue weighted by molar-refractivity contribution is -0.511. The highest BCUT2D eigenvalue weighted by molar-refractivity contribution is 5.76. The Balaban J connectivity index is 0.000000212. The van der Waals surface area contributed by atoms with E-state index < -0.39 is 6.16 Å². The molecule has 0 bridgehead atoms. The Kier molecular flexibility index (Phi) is 8.62. The number of ether oxygens (including phenoxy) is 1. The van der Waals surface area contributed by atoms with Gasteiger partial charge in [0.2, 0.25) is 0 Å². The van der Waals surface area contributed by atoms with E-state index in [0.29, 0.717) is 0 Å². The predicted molar refractivity (Wildman–Crippen MR) is 80.4 cm³/mol. The summed E-state index contributed by atoms with van der Waals surface area (Å²) in [4.78, 5) is 12.2. The maximum absolute atomic E-state index is 9.70. The Bertz CT molecular complexity index is 345. The summed E-state index contributed by atoms with van der Waals surface area (Å²) < 4.78 is 6.52. The van der Waals surface area contributed by atoms with Crippen LogP contribution in [0.2, 0.25) is 0 Å². The summed E-state index contributed by atoms with van der Waals surface area (Å²) in [5, 5.41) is 13.1. The molecular weight excluding hydrogens is 270 g/mol. The van der Waals surface area contributed by atoms with Crippen molar-refractivity contribution in [3.63, 3.8) is 0 Å². The minimum atomic E-state index is -1.42. The van der Waals surface area contributed by atoms with Gasteiger partial charge in [-0.1, -0.05) is 26.2 Å². The molecule has 0 unspecified atom stereocenters. The van der Waals surface area contributed by atoms with E-state index in [2.05, 4.69) is 33.5 Å². The van der Waals surface area contributed by atoms with Crippen LogP contribution in [0.5, 0.6) is 0 Å². The molecule has 1 fully saturated rings. The van der Waals surface area contributed by atoms with Gasteiger partial charge >= 0.3 is 5.96 Å². The summed E-state index contributed by atoms with van der Waals surface area (Å²) in [6, 6.07) is 0. The van der Waals surface area contributed by atoms with E-state index in [1.54, 1.807) is 0 Å². The van der Waals surface area contributed by atoms with Crippen LogP contribution in [0.4, 0.5) is 4.79 Å². The Morgan fingerprint density at radius 2 is 2.10 bits per heavy atom. The number of nitrogens with zero attached hydrogens (tertiary/aromatic N) is 2. The molecule has 0 aromatic carbocycles. The Morgan fingerprint density at radius 3 is 2.76 bits per heavy atom. The van der Waals surface area contributed by atoms with Crippen molar-refractivity contribution in [1.82, 2.24) is 10.2 Å². The molecular formula is C15H29N3O3. The molecule has 2 aliphatic heterocycles. The van der Waals surface area contributed by atoms with Crippen LogP contribution in [0.15, 0.2) is 0 Å². The number of guanidine groups is 1. The van der Waals surface area contributed by atoms with E-state index in [4.69, 9.17) is 0 Å². The Hall–Kier alpha value is -1.46. The lowest BCUT2D eigenvalue weighted by atomic mass is 10.2. The molecule has 1 saturated heterocycles. The van der Waals surface area contributed by atoms with Gasteiger partial charge in [-0.2, -0.15) is 0 Å². The molecule has 0 aliphatic carbocycles. The van der Waals surface area contributed by atoms with Crippen LogP contribution in [0.25, 0.3) is 0 Å². The van der Waals surface area contributed by atoms with E-state index in [1.165, 1.54) is 38.4 Å². The molecule has 0 amide bonds. The maximum atomic E-state index is 9.70. The molecule has 122 valence electrons. The van der Waals surface area contributed by atoms with E-state index >= 15 is 0 Å². The molecule has 1 N–H and O–H groups in total. The minimum absolute atomic E-state index is 0.280. The number of carboxylic acid groups (broad SMARTS) is 1. The highest BCUT2D eigenvalue weighted by atomic mass is 16.7.